The average Bonchev–Trinajstić information content (AvgIpc) is 3.12. The first-order valence-electron chi connectivity index (χ1n) is 6.69. The number of aryl methyl sites for hydroxylation is 2. The van der Waals surface area contributed by atoms with Gasteiger partial charge < -0.3 is 10.1 Å². The van der Waals surface area contributed by atoms with Crippen molar-refractivity contribution in [3.8, 4) is 5.75 Å². The van der Waals surface area contributed by atoms with Gasteiger partial charge in [-0.25, -0.2) is 0 Å². The zero-order valence-electron chi connectivity index (χ0n) is 11.0. The summed E-state index contributed by atoms with van der Waals surface area (Å²) < 4.78 is 5.74. The van der Waals surface area contributed by atoms with Crippen LogP contribution in [0.3, 0.4) is 0 Å². The van der Waals surface area contributed by atoms with Crippen LogP contribution in [0.15, 0.2) is 18.2 Å². The molecule has 0 amide bonds. The third-order valence-electron chi connectivity index (χ3n) is 3.33. The lowest BCUT2D eigenvalue weighted by Crippen LogP contribution is -2.17. The second-order valence-electron chi connectivity index (χ2n) is 5.03. The van der Waals surface area contributed by atoms with Gasteiger partial charge in [-0.05, 0) is 69.3 Å². The molecule has 1 aromatic rings. The van der Waals surface area contributed by atoms with Crippen molar-refractivity contribution >= 4 is 0 Å². The lowest BCUT2D eigenvalue weighted by molar-refractivity contribution is 0.305. The van der Waals surface area contributed by atoms with E-state index in [2.05, 4.69) is 37.4 Å². The zero-order chi connectivity index (χ0) is 12.1. The molecule has 94 valence electrons. The Labute approximate surface area is 104 Å². The number of unbranched alkanes of at least 4 members (excludes halogenated alkanes) is 1. The van der Waals surface area contributed by atoms with Gasteiger partial charge in [-0.3, -0.25) is 0 Å². The molecule has 1 aliphatic rings. The maximum absolute atomic E-state index is 5.74. The Bertz CT molecular complexity index is 358. The van der Waals surface area contributed by atoms with E-state index in [9.17, 15) is 0 Å². The van der Waals surface area contributed by atoms with Crippen molar-refractivity contribution in [2.24, 2.45) is 0 Å². The molecule has 0 bridgehead atoms. The van der Waals surface area contributed by atoms with Gasteiger partial charge in [0.1, 0.15) is 5.75 Å². The van der Waals surface area contributed by atoms with E-state index >= 15 is 0 Å². The van der Waals surface area contributed by atoms with Gasteiger partial charge in [0, 0.05) is 6.04 Å². The molecule has 0 radical (unpaired) electrons. The molecular weight excluding hydrogens is 210 g/mol. The topological polar surface area (TPSA) is 21.3 Å². The lowest BCUT2D eigenvalue weighted by atomic mass is 10.1. The minimum atomic E-state index is 0.828. The molecule has 0 aliphatic heterocycles. The third-order valence-corrected chi connectivity index (χ3v) is 3.33. The number of ether oxygens (including phenoxy) is 1. The Morgan fingerprint density at radius 1 is 1.18 bits per heavy atom. The molecule has 0 unspecified atom stereocenters. The van der Waals surface area contributed by atoms with Crippen molar-refractivity contribution in [2.75, 3.05) is 13.2 Å². The van der Waals surface area contributed by atoms with Crippen LogP contribution < -0.4 is 10.1 Å². The molecule has 2 nitrogen and oxygen atoms in total. The van der Waals surface area contributed by atoms with E-state index in [1.807, 2.05) is 0 Å². The molecule has 0 atom stereocenters. The monoisotopic (exact) mass is 233 g/mol. The Morgan fingerprint density at radius 3 is 2.71 bits per heavy atom. The molecule has 1 fully saturated rings. The molecule has 2 heteroatoms. The van der Waals surface area contributed by atoms with Crippen molar-refractivity contribution in [3.63, 3.8) is 0 Å². The second-order valence-corrected chi connectivity index (χ2v) is 5.03. The first-order valence-corrected chi connectivity index (χ1v) is 6.69. The lowest BCUT2D eigenvalue weighted by Gasteiger charge is -2.08. The van der Waals surface area contributed by atoms with Crippen molar-refractivity contribution in [3.05, 3.63) is 29.3 Å². The summed E-state index contributed by atoms with van der Waals surface area (Å²) in [5.74, 6) is 1.00. The predicted molar refractivity (Wildman–Crippen MR) is 71.7 cm³/mol. The van der Waals surface area contributed by atoms with Gasteiger partial charge in [0.25, 0.3) is 0 Å². The maximum atomic E-state index is 5.74. The van der Waals surface area contributed by atoms with Gasteiger partial charge in [-0.1, -0.05) is 6.07 Å². The highest BCUT2D eigenvalue weighted by Crippen LogP contribution is 2.18. The number of benzene rings is 1. The fourth-order valence-corrected chi connectivity index (χ4v) is 1.81. The molecule has 1 aliphatic carbocycles. The molecule has 2 rings (SSSR count). The van der Waals surface area contributed by atoms with E-state index in [4.69, 9.17) is 4.74 Å². The SMILES string of the molecule is Cc1ccc(OCCCCNC2CC2)cc1C. The summed E-state index contributed by atoms with van der Waals surface area (Å²) in [4.78, 5) is 0. The van der Waals surface area contributed by atoms with Crippen LogP contribution in [0.1, 0.15) is 36.8 Å². The molecule has 0 heterocycles. The minimum Gasteiger partial charge on any atom is -0.494 e. The Hall–Kier alpha value is -1.02. The summed E-state index contributed by atoms with van der Waals surface area (Å²) >= 11 is 0. The first-order chi connectivity index (χ1) is 8.25. The smallest absolute Gasteiger partial charge is 0.119 e. The Kier molecular flexibility index (Phi) is 4.43. The molecule has 0 saturated heterocycles. The van der Waals surface area contributed by atoms with Crippen LogP contribution in [0.5, 0.6) is 5.75 Å². The normalized spacial score (nSPS) is 14.9. The number of hydrogen-bond donors (Lipinski definition) is 1. The molecule has 1 aromatic carbocycles. The van der Waals surface area contributed by atoms with E-state index in [0.717, 1.165) is 31.4 Å². The van der Waals surface area contributed by atoms with Gasteiger partial charge >= 0.3 is 0 Å². The summed E-state index contributed by atoms with van der Waals surface area (Å²) in [6.07, 6.45) is 5.09. The van der Waals surface area contributed by atoms with E-state index in [1.54, 1.807) is 0 Å². The van der Waals surface area contributed by atoms with Crippen LogP contribution in [-0.2, 0) is 0 Å². The predicted octanol–water partition coefficient (Wildman–Crippen LogP) is 3.21. The Balaban J connectivity index is 1.58. The van der Waals surface area contributed by atoms with Crippen LogP contribution in [0, 0.1) is 13.8 Å². The van der Waals surface area contributed by atoms with E-state index in [1.165, 1.54) is 30.4 Å². The highest BCUT2D eigenvalue weighted by atomic mass is 16.5. The summed E-state index contributed by atoms with van der Waals surface area (Å²) in [6, 6.07) is 7.14. The zero-order valence-corrected chi connectivity index (χ0v) is 11.0. The third kappa shape index (κ3) is 4.39. The number of hydrogen-bond acceptors (Lipinski definition) is 2. The molecule has 0 aromatic heterocycles. The second kappa shape index (κ2) is 6.06. The quantitative estimate of drug-likeness (QED) is 0.730. The summed E-state index contributed by atoms with van der Waals surface area (Å²) in [6.45, 7) is 6.22. The van der Waals surface area contributed by atoms with Gasteiger partial charge in [0.05, 0.1) is 6.61 Å². The molecule has 17 heavy (non-hydrogen) atoms. The molecular formula is C15H23NO. The van der Waals surface area contributed by atoms with Crippen LogP contribution >= 0.6 is 0 Å². The van der Waals surface area contributed by atoms with Gasteiger partial charge in [0.15, 0.2) is 0 Å². The summed E-state index contributed by atoms with van der Waals surface area (Å²) in [7, 11) is 0. The van der Waals surface area contributed by atoms with Crippen LogP contribution in [0.4, 0.5) is 0 Å². The fraction of sp³-hybridized carbons (Fsp3) is 0.600. The standard InChI is InChI=1S/C15H23NO/c1-12-5-8-15(11-13(12)2)17-10-4-3-9-16-14-6-7-14/h5,8,11,14,16H,3-4,6-7,9-10H2,1-2H3. The van der Waals surface area contributed by atoms with E-state index < -0.39 is 0 Å². The summed E-state index contributed by atoms with van der Waals surface area (Å²) in [5, 5.41) is 3.52. The highest BCUT2D eigenvalue weighted by Gasteiger charge is 2.19. The van der Waals surface area contributed by atoms with Crippen molar-refractivity contribution in [1.29, 1.82) is 0 Å². The molecule has 1 saturated carbocycles. The van der Waals surface area contributed by atoms with Crippen molar-refractivity contribution < 1.29 is 4.74 Å². The number of nitrogens with one attached hydrogen (secondary N) is 1. The molecule has 0 spiro atoms. The van der Waals surface area contributed by atoms with Crippen LogP contribution in [0.2, 0.25) is 0 Å². The van der Waals surface area contributed by atoms with Gasteiger partial charge in [-0.2, -0.15) is 0 Å². The minimum absolute atomic E-state index is 0.828. The Morgan fingerprint density at radius 2 is 2.00 bits per heavy atom. The fourth-order valence-electron chi connectivity index (χ4n) is 1.81. The maximum Gasteiger partial charge on any atom is 0.119 e. The van der Waals surface area contributed by atoms with E-state index in [-0.39, 0.29) is 0 Å². The van der Waals surface area contributed by atoms with Crippen molar-refractivity contribution in [2.45, 2.75) is 45.6 Å². The number of rotatable bonds is 7. The van der Waals surface area contributed by atoms with Gasteiger partial charge in [-0.15, -0.1) is 0 Å². The van der Waals surface area contributed by atoms with E-state index in [0.29, 0.717) is 0 Å². The van der Waals surface area contributed by atoms with Crippen molar-refractivity contribution in [1.82, 2.24) is 5.32 Å². The first kappa shape index (κ1) is 12.4. The van der Waals surface area contributed by atoms with Crippen LogP contribution in [-0.4, -0.2) is 19.2 Å². The summed E-state index contributed by atoms with van der Waals surface area (Å²) in [5.41, 5.74) is 2.63. The van der Waals surface area contributed by atoms with Gasteiger partial charge in [0.2, 0.25) is 0 Å². The molecule has 1 N–H and O–H groups in total. The highest BCUT2D eigenvalue weighted by molar-refractivity contribution is 5.33. The average molecular weight is 233 g/mol. The van der Waals surface area contributed by atoms with Crippen LogP contribution in [0.25, 0.3) is 0 Å². The largest absolute Gasteiger partial charge is 0.494 e.